The second kappa shape index (κ2) is 5.11. The van der Waals surface area contributed by atoms with Crippen molar-refractivity contribution in [1.82, 2.24) is 9.38 Å². The van der Waals surface area contributed by atoms with Crippen molar-refractivity contribution in [3.63, 3.8) is 0 Å². The van der Waals surface area contributed by atoms with Crippen LogP contribution in [0.2, 0.25) is 0 Å². The van der Waals surface area contributed by atoms with Crippen molar-refractivity contribution in [1.29, 1.82) is 0 Å². The van der Waals surface area contributed by atoms with Crippen LogP contribution in [0.3, 0.4) is 0 Å². The van der Waals surface area contributed by atoms with Crippen LogP contribution in [-0.2, 0) is 4.74 Å². The highest BCUT2D eigenvalue weighted by molar-refractivity contribution is 5.42. The first-order valence-corrected chi connectivity index (χ1v) is 6.13. The highest BCUT2D eigenvalue weighted by atomic mass is 16.5. The van der Waals surface area contributed by atoms with Crippen LogP contribution in [0.25, 0.3) is 5.65 Å². The van der Waals surface area contributed by atoms with Crippen LogP contribution in [0.4, 0.5) is 0 Å². The molecule has 0 aliphatic heterocycles. The predicted octanol–water partition coefficient (Wildman–Crippen LogP) is 3.45. The predicted molar refractivity (Wildman–Crippen MR) is 72.6 cm³/mol. The standard InChI is InChI=1S/C15H18N2O/c1-5-14(18-6-2)12(4)13-10-17-9-11(3)7-8-15(17)16-13/h7-10,12H,1,6H2,2-4H3. The Bertz CT molecular complexity index is 606. The molecule has 2 aromatic heterocycles. The van der Waals surface area contributed by atoms with Crippen LogP contribution in [0.5, 0.6) is 0 Å². The fourth-order valence-electron chi connectivity index (χ4n) is 1.95. The zero-order valence-electron chi connectivity index (χ0n) is 11.1. The molecule has 0 amide bonds. The molecule has 0 saturated heterocycles. The van der Waals surface area contributed by atoms with Crippen molar-refractivity contribution in [2.75, 3.05) is 6.61 Å². The van der Waals surface area contributed by atoms with Gasteiger partial charge in [0.1, 0.15) is 11.4 Å². The molecule has 0 bridgehead atoms. The lowest BCUT2D eigenvalue weighted by molar-refractivity contribution is 0.212. The Hall–Kier alpha value is -1.99. The molecule has 0 fully saturated rings. The van der Waals surface area contributed by atoms with Gasteiger partial charge >= 0.3 is 0 Å². The van der Waals surface area contributed by atoms with E-state index < -0.39 is 0 Å². The molecule has 1 unspecified atom stereocenters. The number of allylic oxidation sites excluding steroid dienone is 1. The second-order valence-corrected chi connectivity index (χ2v) is 4.33. The lowest BCUT2D eigenvalue weighted by Gasteiger charge is -2.11. The van der Waals surface area contributed by atoms with Crippen molar-refractivity contribution in [3.8, 4) is 0 Å². The summed E-state index contributed by atoms with van der Waals surface area (Å²) in [5.41, 5.74) is 5.98. The minimum absolute atomic E-state index is 0.0719. The van der Waals surface area contributed by atoms with Crippen molar-refractivity contribution >= 4 is 5.65 Å². The number of aryl methyl sites for hydroxylation is 1. The largest absolute Gasteiger partial charge is 0.489 e. The summed E-state index contributed by atoms with van der Waals surface area (Å²) >= 11 is 0. The van der Waals surface area contributed by atoms with Gasteiger partial charge in [0.25, 0.3) is 0 Å². The van der Waals surface area contributed by atoms with E-state index in [0.29, 0.717) is 6.61 Å². The molecule has 0 aliphatic carbocycles. The number of nitrogens with zero attached hydrogens (tertiary/aromatic N) is 2. The van der Waals surface area contributed by atoms with E-state index in [2.05, 4.69) is 43.4 Å². The molecular formula is C15H18N2O. The van der Waals surface area contributed by atoms with Gasteiger partial charge in [0.05, 0.1) is 18.2 Å². The molecule has 0 aliphatic rings. The molecule has 0 saturated carbocycles. The van der Waals surface area contributed by atoms with Gasteiger partial charge in [-0.15, -0.1) is 0 Å². The van der Waals surface area contributed by atoms with Gasteiger partial charge in [-0.3, -0.25) is 0 Å². The molecule has 0 N–H and O–H groups in total. The molecule has 2 rings (SSSR count). The highest BCUT2D eigenvalue weighted by Crippen LogP contribution is 2.23. The van der Waals surface area contributed by atoms with Gasteiger partial charge in [-0.2, -0.15) is 0 Å². The first kappa shape index (κ1) is 12.5. The Labute approximate surface area is 107 Å². The molecule has 0 spiro atoms. The minimum Gasteiger partial charge on any atom is -0.489 e. The van der Waals surface area contributed by atoms with Gasteiger partial charge in [0.15, 0.2) is 0 Å². The number of pyridine rings is 1. The van der Waals surface area contributed by atoms with Crippen molar-refractivity contribution < 1.29 is 4.74 Å². The number of aromatic nitrogens is 2. The summed E-state index contributed by atoms with van der Waals surface area (Å²) in [5.74, 6) is 0.820. The monoisotopic (exact) mass is 242 g/mol. The third kappa shape index (κ3) is 2.31. The molecule has 3 nitrogen and oxygen atoms in total. The van der Waals surface area contributed by atoms with E-state index in [4.69, 9.17) is 4.74 Å². The van der Waals surface area contributed by atoms with E-state index in [1.807, 2.05) is 23.6 Å². The molecule has 1 atom stereocenters. The smallest absolute Gasteiger partial charge is 0.146 e. The van der Waals surface area contributed by atoms with Crippen molar-refractivity contribution in [3.05, 3.63) is 53.9 Å². The van der Waals surface area contributed by atoms with Crippen molar-refractivity contribution in [2.45, 2.75) is 26.7 Å². The molecular weight excluding hydrogens is 224 g/mol. The minimum atomic E-state index is 0.0719. The lowest BCUT2D eigenvalue weighted by Crippen LogP contribution is -2.01. The van der Waals surface area contributed by atoms with E-state index in [-0.39, 0.29) is 5.92 Å². The number of hydrogen-bond donors (Lipinski definition) is 0. The maximum atomic E-state index is 5.52. The molecule has 3 heteroatoms. The average molecular weight is 242 g/mol. The zero-order valence-corrected chi connectivity index (χ0v) is 11.1. The molecule has 18 heavy (non-hydrogen) atoms. The van der Waals surface area contributed by atoms with Gasteiger partial charge in [-0.25, -0.2) is 4.98 Å². The third-order valence-electron chi connectivity index (χ3n) is 2.93. The van der Waals surface area contributed by atoms with E-state index in [1.54, 1.807) is 0 Å². The van der Waals surface area contributed by atoms with E-state index in [1.165, 1.54) is 5.56 Å². The summed E-state index contributed by atoms with van der Waals surface area (Å²) in [4.78, 5) is 4.60. The van der Waals surface area contributed by atoms with Gasteiger partial charge < -0.3 is 9.14 Å². The molecule has 2 heterocycles. The molecule has 0 radical (unpaired) electrons. The molecule has 94 valence electrons. The summed E-state index contributed by atoms with van der Waals surface area (Å²) in [6.45, 7) is 10.4. The van der Waals surface area contributed by atoms with E-state index in [9.17, 15) is 0 Å². The van der Waals surface area contributed by atoms with Crippen molar-refractivity contribution in [2.24, 2.45) is 0 Å². The Morgan fingerprint density at radius 1 is 1.50 bits per heavy atom. The maximum Gasteiger partial charge on any atom is 0.146 e. The number of hydrogen-bond acceptors (Lipinski definition) is 2. The van der Waals surface area contributed by atoms with E-state index in [0.717, 1.165) is 17.1 Å². The second-order valence-electron chi connectivity index (χ2n) is 4.33. The summed E-state index contributed by atoms with van der Waals surface area (Å²) in [5, 5.41) is 0. The fourth-order valence-corrected chi connectivity index (χ4v) is 1.95. The van der Waals surface area contributed by atoms with Crippen LogP contribution >= 0.6 is 0 Å². The van der Waals surface area contributed by atoms with Crippen LogP contribution in [-0.4, -0.2) is 16.0 Å². The topological polar surface area (TPSA) is 26.5 Å². The first-order valence-electron chi connectivity index (χ1n) is 6.13. The third-order valence-corrected chi connectivity index (χ3v) is 2.93. The highest BCUT2D eigenvalue weighted by Gasteiger charge is 2.15. The Morgan fingerprint density at radius 3 is 2.94 bits per heavy atom. The van der Waals surface area contributed by atoms with Crippen LogP contribution in [0.15, 0.2) is 42.6 Å². The normalized spacial score (nSPS) is 12.2. The Kier molecular flexibility index (Phi) is 3.54. The summed E-state index contributed by atoms with van der Waals surface area (Å²) in [6, 6.07) is 4.08. The Morgan fingerprint density at radius 2 is 2.28 bits per heavy atom. The summed E-state index contributed by atoms with van der Waals surface area (Å²) in [7, 11) is 0. The number of rotatable bonds is 4. The quantitative estimate of drug-likeness (QED) is 0.606. The van der Waals surface area contributed by atoms with Crippen LogP contribution < -0.4 is 0 Å². The van der Waals surface area contributed by atoms with Gasteiger partial charge in [0.2, 0.25) is 0 Å². The fraction of sp³-hybridized carbons (Fsp3) is 0.333. The Balaban J connectivity index is 2.39. The lowest BCUT2D eigenvalue weighted by atomic mass is 10.1. The maximum absolute atomic E-state index is 5.52. The number of imidazole rings is 1. The van der Waals surface area contributed by atoms with Gasteiger partial charge in [-0.1, -0.05) is 18.4 Å². The van der Waals surface area contributed by atoms with Crippen LogP contribution in [0, 0.1) is 6.92 Å². The molecule has 2 aromatic rings. The van der Waals surface area contributed by atoms with E-state index >= 15 is 0 Å². The summed E-state index contributed by atoms with van der Waals surface area (Å²) < 4.78 is 7.56. The average Bonchev–Trinajstić information content (AvgIpc) is 2.77. The molecule has 0 aromatic carbocycles. The SMILES string of the molecule is C=C=C(OCC)C(C)c1cn2cc(C)ccc2n1. The van der Waals surface area contributed by atoms with Gasteiger partial charge in [0, 0.05) is 12.4 Å². The zero-order chi connectivity index (χ0) is 13.1. The number of ether oxygens (including phenoxy) is 1. The number of fused-ring (bicyclic) bond motifs is 1. The van der Waals surface area contributed by atoms with Crippen LogP contribution in [0.1, 0.15) is 31.0 Å². The first-order chi connectivity index (χ1) is 8.65. The summed E-state index contributed by atoms with van der Waals surface area (Å²) in [6.07, 6.45) is 4.10. The van der Waals surface area contributed by atoms with Gasteiger partial charge in [-0.05, 0) is 32.4 Å².